The van der Waals surface area contributed by atoms with Gasteiger partial charge in [-0.15, -0.1) is 0 Å². The van der Waals surface area contributed by atoms with Gasteiger partial charge in [-0.1, -0.05) is 18.2 Å². The van der Waals surface area contributed by atoms with E-state index < -0.39 is 5.95 Å². The number of aromatic nitrogens is 2. The summed E-state index contributed by atoms with van der Waals surface area (Å²) in [5.41, 5.74) is 9.63. The molecule has 6 nitrogen and oxygen atoms in total. The lowest BCUT2D eigenvalue weighted by Gasteiger charge is -2.38. The van der Waals surface area contributed by atoms with Crippen molar-refractivity contribution in [1.82, 2.24) is 14.9 Å². The number of rotatable bonds is 4. The number of pyridine rings is 2. The molecular formula is C27H28FN5O. The van der Waals surface area contributed by atoms with Gasteiger partial charge in [0, 0.05) is 60.6 Å². The summed E-state index contributed by atoms with van der Waals surface area (Å²) >= 11 is 0. The summed E-state index contributed by atoms with van der Waals surface area (Å²) in [6.07, 6.45) is 1.61. The van der Waals surface area contributed by atoms with Crippen LogP contribution in [0.2, 0.25) is 0 Å². The molecule has 3 heterocycles. The second kappa shape index (κ2) is 8.91. The highest BCUT2D eigenvalue weighted by atomic mass is 19.1. The van der Waals surface area contributed by atoms with Crippen molar-refractivity contribution in [1.29, 1.82) is 0 Å². The maximum atomic E-state index is 14.9. The van der Waals surface area contributed by atoms with Crippen molar-refractivity contribution in [2.24, 2.45) is 0 Å². The fourth-order valence-corrected chi connectivity index (χ4v) is 4.65. The molecular weight excluding hydrogens is 429 g/mol. The van der Waals surface area contributed by atoms with Crippen LogP contribution in [0.15, 0.2) is 65.6 Å². The number of H-pyrrole nitrogens is 1. The van der Waals surface area contributed by atoms with Gasteiger partial charge in [0.1, 0.15) is 5.82 Å². The fraction of sp³-hybridized carbons (Fsp3) is 0.259. The molecule has 5 rings (SSSR count). The Bertz CT molecular complexity index is 1390. The molecule has 4 aromatic rings. The number of hydrogen-bond donors (Lipinski definition) is 2. The van der Waals surface area contributed by atoms with Gasteiger partial charge in [0.15, 0.2) is 0 Å². The number of anilines is 2. The van der Waals surface area contributed by atoms with E-state index in [4.69, 9.17) is 5.73 Å². The normalized spacial score (nSPS) is 14.8. The van der Waals surface area contributed by atoms with E-state index in [9.17, 15) is 9.18 Å². The zero-order valence-corrected chi connectivity index (χ0v) is 19.4. The summed E-state index contributed by atoms with van der Waals surface area (Å²) in [6.45, 7) is 8.49. The number of nitrogens with one attached hydrogen (secondary N) is 1. The minimum absolute atomic E-state index is 0.116. The number of aromatic amines is 1. The Balaban J connectivity index is 1.45. The van der Waals surface area contributed by atoms with Crippen molar-refractivity contribution < 1.29 is 4.39 Å². The Morgan fingerprint density at radius 2 is 1.65 bits per heavy atom. The molecule has 0 amide bonds. The van der Waals surface area contributed by atoms with Crippen molar-refractivity contribution in [3.63, 3.8) is 0 Å². The van der Waals surface area contributed by atoms with Crippen molar-refractivity contribution in [3.05, 3.63) is 77.1 Å². The maximum absolute atomic E-state index is 14.9. The molecule has 1 fully saturated rings. The van der Waals surface area contributed by atoms with Gasteiger partial charge in [-0.3, -0.25) is 9.69 Å². The third kappa shape index (κ3) is 4.15. The van der Waals surface area contributed by atoms with E-state index in [2.05, 4.69) is 33.6 Å². The number of nitrogens with two attached hydrogens (primary N) is 1. The predicted molar refractivity (Wildman–Crippen MR) is 137 cm³/mol. The number of nitrogen functional groups attached to an aromatic ring is 1. The molecule has 3 N–H and O–H groups in total. The number of benzene rings is 2. The molecule has 0 bridgehead atoms. The molecule has 1 aliphatic rings. The zero-order chi connectivity index (χ0) is 23.8. The molecule has 2 aromatic carbocycles. The first-order valence-electron chi connectivity index (χ1n) is 11.6. The number of hydrogen-bond acceptors (Lipinski definition) is 5. The van der Waals surface area contributed by atoms with E-state index in [-0.39, 0.29) is 11.4 Å². The van der Waals surface area contributed by atoms with E-state index in [1.165, 1.54) is 0 Å². The molecule has 0 atom stereocenters. The highest BCUT2D eigenvalue weighted by Crippen LogP contribution is 2.33. The van der Waals surface area contributed by atoms with Crippen LogP contribution in [0.3, 0.4) is 0 Å². The van der Waals surface area contributed by atoms with E-state index >= 15 is 0 Å². The molecule has 174 valence electrons. The highest BCUT2D eigenvalue weighted by molar-refractivity contribution is 5.89. The quantitative estimate of drug-likeness (QED) is 0.441. The van der Waals surface area contributed by atoms with Gasteiger partial charge in [-0.05, 0) is 66.8 Å². The standard InChI is InChI=1S/C27H28FN5O/c1-17(2)32-11-13-33(14-12-32)21-6-3-18(4-7-21)23-16-24(26(29)31-25(23)28)19-5-8-22-20(15-19)9-10-30-27(22)34/h3-10,15-17H,11-14H2,1-2H3,(H2,29,31)(H,30,34). The Hall–Kier alpha value is -3.71. The summed E-state index contributed by atoms with van der Waals surface area (Å²) in [5, 5.41) is 1.37. The third-order valence-electron chi connectivity index (χ3n) is 6.68. The minimum atomic E-state index is -0.600. The lowest BCUT2D eigenvalue weighted by Crippen LogP contribution is -2.48. The van der Waals surface area contributed by atoms with E-state index in [1.54, 1.807) is 18.3 Å². The van der Waals surface area contributed by atoms with Crippen LogP contribution in [0, 0.1) is 5.95 Å². The van der Waals surface area contributed by atoms with Gasteiger partial charge in [-0.25, -0.2) is 4.98 Å². The van der Waals surface area contributed by atoms with Crippen LogP contribution in [-0.4, -0.2) is 47.1 Å². The Labute approximate surface area is 197 Å². The van der Waals surface area contributed by atoms with E-state index in [1.807, 2.05) is 42.5 Å². The molecule has 7 heteroatoms. The molecule has 0 aliphatic carbocycles. The summed E-state index contributed by atoms with van der Waals surface area (Å²) in [4.78, 5) is 23.5. The fourth-order valence-electron chi connectivity index (χ4n) is 4.65. The van der Waals surface area contributed by atoms with Crippen molar-refractivity contribution in [2.45, 2.75) is 19.9 Å². The van der Waals surface area contributed by atoms with Crippen LogP contribution in [0.1, 0.15) is 13.8 Å². The van der Waals surface area contributed by atoms with Crippen molar-refractivity contribution in [2.75, 3.05) is 36.8 Å². The van der Waals surface area contributed by atoms with Crippen LogP contribution in [0.25, 0.3) is 33.0 Å². The molecule has 1 aliphatic heterocycles. The SMILES string of the molecule is CC(C)N1CCN(c2ccc(-c3cc(-c4ccc5c(=O)[nH]ccc5c4)c(N)nc3F)cc2)CC1. The van der Waals surface area contributed by atoms with Gasteiger partial charge in [0.25, 0.3) is 5.56 Å². The lowest BCUT2D eigenvalue weighted by atomic mass is 9.98. The number of piperazine rings is 1. The topological polar surface area (TPSA) is 78.2 Å². The first-order valence-corrected chi connectivity index (χ1v) is 11.6. The van der Waals surface area contributed by atoms with Crippen LogP contribution < -0.4 is 16.2 Å². The lowest BCUT2D eigenvalue weighted by molar-refractivity contribution is 0.209. The zero-order valence-electron chi connectivity index (χ0n) is 19.4. The monoisotopic (exact) mass is 457 g/mol. The number of nitrogens with zero attached hydrogens (tertiary/aromatic N) is 3. The van der Waals surface area contributed by atoms with Gasteiger partial charge in [0.2, 0.25) is 5.95 Å². The molecule has 0 spiro atoms. The van der Waals surface area contributed by atoms with Crippen LogP contribution in [-0.2, 0) is 0 Å². The molecule has 34 heavy (non-hydrogen) atoms. The largest absolute Gasteiger partial charge is 0.383 e. The van der Waals surface area contributed by atoms with Crippen LogP contribution in [0.5, 0.6) is 0 Å². The van der Waals surface area contributed by atoms with Gasteiger partial charge >= 0.3 is 0 Å². The first kappa shape index (κ1) is 22.1. The van der Waals surface area contributed by atoms with Crippen molar-refractivity contribution in [3.8, 4) is 22.3 Å². The Morgan fingerprint density at radius 3 is 2.35 bits per heavy atom. The number of fused-ring (bicyclic) bond motifs is 1. The van der Waals surface area contributed by atoms with Gasteiger partial charge in [-0.2, -0.15) is 4.39 Å². The van der Waals surface area contributed by atoms with Crippen molar-refractivity contribution >= 4 is 22.3 Å². The van der Waals surface area contributed by atoms with E-state index in [0.29, 0.717) is 22.6 Å². The Kier molecular flexibility index (Phi) is 5.79. The molecule has 2 aromatic heterocycles. The average Bonchev–Trinajstić information content (AvgIpc) is 2.84. The van der Waals surface area contributed by atoms with E-state index in [0.717, 1.165) is 48.4 Å². The first-order chi connectivity index (χ1) is 16.4. The Morgan fingerprint density at radius 1 is 0.941 bits per heavy atom. The summed E-state index contributed by atoms with van der Waals surface area (Å²) in [5.74, 6) is -0.484. The second-order valence-corrected chi connectivity index (χ2v) is 9.03. The average molecular weight is 458 g/mol. The molecule has 0 radical (unpaired) electrons. The summed E-state index contributed by atoms with van der Waals surface area (Å²) in [7, 11) is 0. The number of halogens is 1. The van der Waals surface area contributed by atoms with Gasteiger partial charge < -0.3 is 15.6 Å². The second-order valence-electron chi connectivity index (χ2n) is 9.03. The molecule has 0 unspecified atom stereocenters. The maximum Gasteiger partial charge on any atom is 0.255 e. The summed E-state index contributed by atoms with van der Waals surface area (Å²) in [6, 6.07) is 17.5. The summed E-state index contributed by atoms with van der Waals surface area (Å²) < 4.78 is 14.9. The molecule has 1 saturated heterocycles. The highest BCUT2D eigenvalue weighted by Gasteiger charge is 2.19. The third-order valence-corrected chi connectivity index (χ3v) is 6.68. The van der Waals surface area contributed by atoms with Crippen LogP contribution >= 0.6 is 0 Å². The smallest absolute Gasteiger partial charge is 0.255 e. The minimum Gasteiger partial charge on any atom is -0.383 e. The van der Waals surface area contributed by atoms with Gasteiger partial charge in [0.05, 0.1) is 0 Å². The van der Waals surface area contributed by atoms with Crippen LogP contribution in [0.4, 0.5) is 15.9 Å². The predicted octanol–water partition coefficient (Wildman–Crippen LogP) is 4.51. The molecule has 0 saturated carbocycles.